The Hall–Kier alpha value is -3.84. The van der Waals surface area contributed by atoms with Crippen LogP contribution in [0.25, 0.3) is 54.2 Å². The van der Waals surface area contributed by atoms with Crippen LogP contribution in [0.15, 0.2) is 103 Å². The molecule has 0 saturated heterocycles. The van der Waals surface area contributed by atoms with Gasteiger partial charge in [0, 0.05) is 16.8 Å². The quantitative estimate of drug-likeness (QED) is 0.235. The van der Waals surface area contributed by atoms with Crippen molar-refractivity contribution in [3.63, 3.8) is 0 Å². The van der Waals surface area contributed by atoms with Crippen LogP contribution in [0.1, 0.15) is 0 Å². The zero-order chi connectivity index (χ0) is 19.4. The molecule has 0 aliphatic rings. The minimum Gasteiger partial charge on any atom is -0.398 e. The number of hydrogen-bond acceptors (Lipinski definition) is 1. The summed E-state index contributed by atoms with van der Waals surface area (Å²) >= 11 is 0. The Labute approximate surface area is 169 Å². The van der Waals surface area contributed by atoms with E-state index in [0.717, 1.165) is 11.3 Å². The molecule has 1 heteroatoms. The van der Waals surface area contributed by atoms with Crippen molar-refractivity contribution in [2.45, 2.75) is 0 Å². The molecule has 0 radical (unpaired) electrons. The van der Waals surface area contributed by atoms with Gasteiger partial charge < -0.3 is 5.73 Å². The minimum atomic E-state index is 0.814. The van der Waals surface area contributed by atoms with Crippen LogP contribution in [0.5, 0.6) is 0 Å². The van der Waals surface area contributed by atoms with Crippen molar-refractivity contribution in [3.05, 3.63) is 103 Å². The highest BCUT2D eigenvalue weighted by Crippen LogP contribution is 2.43. The monoisotopic (exact) mass is 369 g/mol. The molecule has 2 N–H and O–H groups in total. The molecule has 0 fully saturated rings. The Bertz CT molecular complexity index is 1510. The maximum absolute atomic E-state index is 6.64. The van der Waals surface area contributed by atoms with Crippen molar-refractivity contribution < 1.29 is 0 Å². The van der Waals surface area contributed by atoms with E-state index in [4.69, 9.17) is 5.73 Å². The van der Waals surface area contributed by atoms with E-state index in [2.05, 4.69) is 97.1 Å². The first-order chi connectivity index (χ1) is 14.3. The van der Waals surface area contributed by atoms with E-state index in [1.807, 2.05) is 6.07 Å². The summed E-state index contributed by atoms with van der Waals surface area (Å²) in [6.45, 7) is 0. The summed E-state index contributed by atoms with van der Waals surface area (Å²) in [6, 6.07) is 36.7. The van der Waals surface area contributed by atoms with Crippen LogP contribution >= 0.6 is 0 Å². The van der Waals surface area contributed by atoms with E-state index in [0.29, 0.717) is 0 Å². The van der Waals surface area contributed by atoms with Gasteiger partial charge in [-0.1, -0.05) is 78.9 Å². The fourth-order valence-corrected chi connectivity index (χ4v) is 4.59. The van der Waals surface area contributed by atoms with Gasteiger partial charge in [0.25, 0.3) is 0 Å². The molecule has 29 heavy (non-hydrogen) atoms. The lowest BCUT2D eigenvalue weighted by Gasteiger charge is -2.17. The van der Waals surface area contributed by atoms with E-state index < -0.39 is 0 Å². The van der Waals surface area contributed by atoms with E-state index in [9.17, 15) is 0 Å². The molecule has 6 rings (SSSR count). The third kappa shape index (κ3) is 2.41. The van der Waals surface area contributed by atoms with Gasteiger partial charge in [0.05, 0.1) is 0 Å². The number of anilines is 1. The fourth-order valence-electron chi connectivity index (χ4n) is 4.59. The summed E-state index contributed by atoms with van der Waals surface area (Å²) in [5, 5.41) is 9.83. The van der Waals surface area contributed by atoms with Crippen LogP contribution < -0.4 is 5.73 Å². The Morgan fingerprint density at radius 2 is 0.862 bits per heavy atom. The molecular weight excluding hydrogens is 350 g/mol. The lowest BCUT2D eigenvalue weighted by molar-refractivity contribution is 1.70. The highest BCUT2D eigenvalue weighted by molar-refractivity contribution is 6.20. The number of nitrogen functional groups attached to an aromatic ring is 1. The molecule has 0 unspecified atom stereocenters. The second kappa shape index (κ2) is 6.08. The molecular formula is C28H19N. The number of fused-ring (bicyclic) bond motifs is 4. The summed E-state index contributed by atoms with van der Waals surface area (Å²) < 4.78 is 0. The summed E-state index contributed by atoms with van der Waals surface area (Å²) in [4.78, 5) is 0. The lowest BCUT2D eigenvalue weighted by atomic mass is 9.88. The van der Waals surface area contributed by atoms with Gasteiger partial charge in [-0.15, -0.1) is 0 Å². The van der Waals surface area contributed by atoms with Gasteiger partial charge in [-0.25, -0.2) is 0 Å². The first-order valence-electron chi connectivity index (χ1n) is 9.91. The third-order valence-corrected chi connectivity index (χ3v) is 5.94. The largest absolute Gasteiger partial charge is 0.398 e. The van der Waals surface area contributed by atoms with Crippen LogP contribution in [0.4, 0.5) is 5.69 Å². The average molecular weight is 369 g/mol. The Kier molecular flexibility index (Phi) is 3.39. The van der Waals surface area contributed by atoms with Gasteiger partial charge >= 0.3 is 0 Å². The minimum absolute atomic E-state index is 0.814. The first-order valence-corrected chi connectivity index (χ1v) is 9.91. The van der Waals surface area contributed by atoms with Gasteiger partial charge in [-0.2, -0.15) is 0 Å². The standard InChI is InChI=1S/C28H19N/c29-26-14-13-22-15-18-7-1-2-8-19(18)17-25(22)28(26)27-23-11-5-3-9-20(23)16-21-10-4-6-12-24(21)27/h1-17H,29H2. The normalized spacial score (nSPS) is 11.6. The van der Waals surface area contributed by atoms with Crippen LogP contribution in [0.3, 0.4) is 0 Å². The highest BCUT2D eigenvalue weighted by atomic mass is 14.6. The van der Waals surface area contributed by atoms with E-state index in [-0.39, 0.29) is 0 Å². The van der Waals surface area contributed by atoms with Gasteiger partial charge in [0.1, 0.15) is 0 Å². The first kappa shape index (κ1) is 16.1. The molecule has 0 saturated carbocycles. The molecule has 0 aliphatic heterocycles. The van der Waals surface area contributed by atoms with Crippen molar-refractivity contribution in [2.75, 3.05) is 5.73 Å². The predicted molar refractivity (Wildman–Crippen MR) is 126 cm³/mol. The number of benzene rings is 6. The number of rotatable bonds is 1. The maximum Gasteiger partial charge on any atom is 0.0400 e. The van der Waals surface area contributed by atoms with Crippen LogP contribution in [0.2, 0.25) is 0 Å². The van der Waals surface area contributed by atoms with Crippen molar-refractivity contribution in [1.29, 1.82) is 0 Å². The molecule has 6 aromatic rings. The number of hydrogen-bond donors (Lipinski definition) is 1. The Balaban J connectivity index is 1.86. The van der Waals surface area contributed by atoms with Crippen molar-refractivity contribution >= 4 is 48.8 Å². The summed E-state index contributed by atoms with van der Waals surface area (Å²) in [5.74, 6) is 0. The second-order valence-electron chi connectivity index (χ2n) is 7.64. The van der Waals surface area contributed by atoms with Gasteiger partial charge in [-0.3, -0.25) is 0 Å². The summed E-state index contributed by atoms with van der Waals surface area (Å²) in [7, 11) is 0. The van der Waals surface area contributed by atoms with Crippen molar-refractivity contribution in [2.24, 2.45) is 0 Å². The van der Waals surface area contributed by atoms with E-state index in [1.54, 1.807) is 0 Å². The molecule has 0 bridgehead atoms. The molecule has 0 spiro atoms. The summed E-state index contributed by atoms with van der Waals surface area (Å²) in [6.07, 6.45) is 0. The van der Waals surface area contributed by atoms with Crippen molar-refractivity contribution in [1.82, 2.24) is 0 Å². The van der Waals surface area contributed by atoms with E-state index >= 15 is 0 Å². The van der Waals surface area contributed by atoms with Crippen molar-refractivity contribution in [3.8, 4) is 11.1 Å². The molecule has 0 aromatic heterocycles. The van der Waals surface area contributed by atoms with Crippen LogP contribution in [-0.4, -0.2) is 0 Å². The molecule has 6 aromatic carbocycles. The Morgan fingerprint density at radius 1 is 0.379 bits per heavy atom. The molecule has 0 heterocycles. The zero-order valence-corrected chi connectivity index (χ0v) is 15.9. The fraction of sp³-hybridized carbons (Fsp3) is 0. The molecule has 0 aliphatic carbocycles. The van der Waals surface area contributed by atoms with Gasteiger partial charge in [-0.05, 0) is 67.4 Å². The molecule has 0 atom stereocenters. The molecule has 0 amide bonds. The smallest absolute Gasteiger partial charge is 0.0400 e. The topological polar surface area (TPSA) is 26.0 Å². The third-order valence-electron chi connectivity index (χ3n) is 5.94. The second-order valence-corrected chi connectivity index (χ2v) is 7.64. The summed E-state index contributed by atoms with van der Waals surface area (Å²) in [5.41, 5.74) is 9.80. The van der Waals surface area contributed by atoms with E-state index in [1.165, 1.54) is 48.7 Å². The van der Waals surface area contributed by atoms with Gasteiger partial charge in [0.2, 0.25) is 0 Å². The lowest BCUT2D eigenvalue weighted by Crippen LogP contribution is -1.94. The highest BCUT2D eigenvalue weighted by Gasteiger charge is 2.15. The van der Waals surface area contributed by atoms with Crippen LogP contribution in [-0.2, 0) is 0 Å². The average Bonchev–Trinajstić information content (AvgIpc) is 2.77. The SMILES string of the molecule is Nc1ccc2cc3ccccc3cc2c1-c1c2ccccc2cc2ccccc12. The van der Waals surface area contributed by atoms with Crippen LogP contribution in [0, 0.1) is 0 Å². The molecule has 1 nitrogen and oxygen atoms in total. The predicted octanol–water partition coefficient (Wildman–Crippen LogP) is 7.55. The molecule has 136 valence electrons. The number of nitrogens with two attached hydrogens (primary N) is 1. The van der Waals surface area contributed by atoms with Gasteiger partial charge in [0.15, 0.2) is 0 Å². The Morgan fingerprint density at radius 3 is 1.52 bits per heavy atom. The maximum atomic E-state index is 6.64. The zero-order valence-electron chi connectivity index (χ0n) is 15.9.